The van der Waals surface area contributed by atoms with Gasteiger partial charge in [0.2, 0.25) is 0 Å². The molecule has 2 N–H and O–H groups in total. The number of carboxylic acids is 2. The van der Waals surface area contributed by atoms with E-state index in [1.807, 2.05) is 0 Å². The maximum atomic E-state index is 12.6. The predicted octanol–water partition coefficient (Wildman–Crippen LogP) is 4.07. The van der Waals surface area contributed by atoms with Gasteiger partial charge in [0.15, 0.2) is 5.69 Å². The highest BCUT2D eigenvalue weighted by Crippen LogP contribution is 2.29. The summed E-state index contributed by atoms with van der Waals surface area (Å²) in [5.74, 6) is -3.71. The summed E-state index contributed by atoms with van der Waals surface area (Å²) in [6, 6.07) is 7.72. The number of alkyl halides is 6. The van der Waals surface area contributed by atoms with E-state index in [1.165, 1.54) is 10.9 Å². The first kappa shape index (κ1) is 25.2. The number of piperidine rings is 1. The number of rotatable bonds is 4. The molecular formula is C19H19F6N3O4. The fourth-order valence-electron chi connectivity index (χ4n) is 3.05. The Labute approximate surface area is 177 Å². The van der Waals surface area contributed by atoms with Gasteiger partial charge in [-0.15, -0.1) is 0 Å². The summed E-state index contributed by atoms with van der Waals surface area (Å²) in [5.41, 5.74) is 0.414. The molecule has 0 spiro atoms. The molecule has 0 atom stereocenters. The third kappa shape index (κ3) is 7.25. The first-order valence-electron chi connectivity index (χ1n) is 9.24. The number of aromatic carboxylic acids is 1. The summed E-state index contributed by atoms with van der Waals surface area (Å²) in [7, 11) is 0. The molecule has 0 aliphatic carbocycles. The normalized spacial score (nSPS) is 15.7. The lowest BCUT2D eigenvalue weighted by atomic mass is 10.0. The van der Waals surface area contributed by atoms with Crippen molar-refractivity contribution in [3.63, 3.8) is 0 Å². The van der Waals surface area contributed by atoms with Gasteiger partial charge in [-0.2, -0.15) is 31.4 Å². The van der Waals surface area contributed by atoms with E-state index in [0.29, 0.717) is 6.54 Å². The quantitative estimate of drug-likeness (QED) is 0.659. The molecule has 1 aliphatic heterocycles. The number of likely N-dealkylation sites (tertiary alicyclic amines) is 1. The highest BCUT2D eigenvalue weighted by atomic mass is 19.4. The van der Waals surface area contributed by atoms with Crippen LogP contribution in [0.25, 0.3) is 0 Å². The second-order valence-electron chi connectivity index (χ2n) is 6.99. The number of hydrogen-bond donors (Lipinski definition) is 2. The molecule has 1 fully saturated rings. The largest absolute Gasteiger partial charge is 0.490 e. The molecule has 2 aromatic rings. The van der Waals surface area contributed by atoms with Gasteiger partial charge in [0, 0.05) is 25.8 Å². The summed E-state index contributed by atoms with van der Waals surface area (Å²) < 4.78 is 71.0. The number of aromatic nitrogens is 2. The van der Waals surface area contributed by atoms with Gasteiger partial charge < -0.3 is 10.2 Å². The predicted molar refractivity (Wildman–Crippen MR) is 97.9 cm³/mol. The maximum Gasteiger partial charge on any atom is 0.490 e. The molecule has 0 saturated carbocycles. The zero-order chi connectivity index (χ0) is 24.1. The van der Waals surface area contributed by atoms with Gasteiger partial charge in [-0.05, 0) is 36.6 Å². The summed E-state index contributed by atoms with van der Waals surface area (Å²) in [5, 5.41) is 19.7. The molecular weight excluding hydrogens is 448 g/mol. The summed E-state index contributed by atoms with van der Waals surface area (Å²) in [4.78, 5) is 22.0. The second kappa shape index (κ2) is 10.0. The SMILES string of the molecule is O=C(O)C(F)(F)F.O=C(O)c1ccc(CN2CCC(n3ccc(C(F)(F)F)n3)CC2)cc1. The second-order valence-corrected chi connectivity index (χ2v) is 6.99. The molecule has 7 nitrogen and oxygen atoms in total. The van der Waals surface area contributed by atoms with Crippen LogP contribution in [0.2, 0.25) is 0 Å². The number of benzene rings is 1. The Balaban J connectivity index is 0.000000451. The van der Waals surface area contributed by atoms with Crippen LogP contribution in [-0.2, 0) is 17.5 Å². The number of carbonyl (C=O) groups is 2. The molecule has 3 rings (SSSR count). The molecule has 1 saturated heterocycles. The standard InChI is InChI=1S/C17H18F3N3O2.C2HF3O2/c18-17(19,20)15-7-10-23(21-15)14-5-8-22(9-6-14)11-12-1-3-13(4-2-12)16(24)25;3-2(4,5)1(6)7/h1-4,7,10,14H,5-6,8-9,11H2,(H,24,25);(H,6,7). The lowest BCUT2D eigenvalue weighted by Gasteiger charge is -2.32. The Bertz CT molecular complexity index is 916. The van der Waals surface area contributed by atoms with Crippen LogP contribution in [0.5, 0.6) is 0 Å². The van der Waals surface area contributed by atoms with Gasteiger partial charge in [0.25, 0.3) is 0 Å². The smallest absolute Gasteiger partial charge is 0.478 e. The molecule has 176 valence electrons. The molecule has 13 heteroatoms. The zero-order valence-electron chi connectivity index (χ0n) is 16.4. The Hall–Kier alpha value is -3.09. The van der Waals surface area contributed by atoms with Crippen molar-refractivity contribution < 1.29 is 46.1 Å². The Morgan fingerprint density at radius 3 is 1.91 bits per heavy atom. The first-order chi connectivity index (χ1) is 14.8. The number of carboxylic acid groups (broad SMARTS) is 2. The van der Waals surface area contributed by atoms with Crippen LogP contribution in [0.15, 0.2) is 36.5 Å². The Morgan fingerprint density at radius 1 is 0.969 bits per heavy atom. The Kier molecular flexibility index (Phi) is 7.88. The summed E-state index contributed by atoms with van der Waals surface area (Å²) >= 11 is 0. The van der Waals surface area contributed by atoms with Crippen molar-refractivity contribution in [1.82, 2.24) is 14.7 Å². The van der Waals surface area contributed by atoms with Crippen molar-refractivity contribution in [2.75, 3.05) is 13.1 Å². The topological polar surface area (TPSA) is 95.7 Å². The van der Waals surface area contributed by atoms with E-state index < -0.39 is 30.0 Å². The number of hydrogen-bond acceptors (Lipinski definition) is 4. The number of halogens is 6. The van der Waals surface area contributed by atoms with E-state index in [9.17, 15) is 31.1 Å². The molecule has 1 aliphatic rings. The van der Waals surface area contributed by atoms with Crippen LogP contribution in [0.4, 0.5) is 26.3 Å². The highest BCUT2D eigenvalue weighted by molar-refractivity contribution is 5.87. The van der Waals surface area contributed by atoms with Crippen LogP contribution in [0.3, 0.4) is 0 Å². The third-order valence-electron chi connectivity index (χ3n) is 4.68. The molecule has 0 radical (unpaired) electrons. The molecule has 2 heterocycles. The molecule has 1 aromatic carbocycles. The highest BCUT2D eigenvalue weighted by Gasteiger charge is 2.38. The first-order valence-corrected chi connectivity index (χ1v) is 9.24. The van der Waals surface area contributed by atoms with Gasteiger partial charge in [-0.1, -0.05) is 12.1 Å². The van der Waals surface area contributed by atoms with Gasteiger partial charge >= 0.3 is 24.3 Å². The molecule has 0 bridgehead atoms. The minimum atomic E-state index is -5.08. The van der Waals surface area contributed by atoms with Gasteiger partial charge in [-0.3, -0.25) is 9.58 Å². The van der Waals surface area contributed by atoms with Crippen molar-refractivity contribution >= 4 is 11.9 Å². The van der Waals surface area contributed by atoms with Gasteiger partial charge in [0.1, 0.15) is 0 Å². The number of nitrogens with zero attached hydrogens (tertiary/aromatic N) is 3. The van der Waals surface area contributed by atoms with E-state index in [1.54, 1.807) is 24.3 Å². The lowest BCUT2D eigenvalue weighted by Crippen LogP contribution is -2.34. The van der Waals surface area contributed by atoms with E-state index in [0.717, 1.165) is 37.6 Å². The van der Waals surface area contributed by atoms with E-state index in [4.69, 9.17) is 15.0 Å². The van der Waals surface area contributed by atoms with Crippen molar-refractivity contribution in [2.45, 2.75) is 37.8 Å². The van der Waals surface area contributed by atoms with Crippen LogP contribution >= 0.6 is 0 Å². The van der Waals surface area contributed by atoms with E-state index >= 15 is 0 Å². The van der Waals surface area contributed by atoms with E-state index in [-0.39, 0.29) is 11.6 Å². The van der Waals surface area contributed by atoms with Crippen LogP contribution in [0.1, 0.15) is 40.5 Å². The fourth-order valence-corrected chi connectivity index (χ4v) is 3.05. The van der Waals surface area contributed by atoms with Crippen molar-refractivity contribution in [3.8, 4) is 0 Å². The minimum absolute atomic E-state index is 0.0262. The summed E-state index contributed by atoms with van der Waals surface area (Å²) in [6.07, 6.45) is -6.64. The average molecular weight is 467 g/mol. The van der Waals surface area contributed by atoms with Crippen LogP contribution in [-0.4, -0.2) is 56.1 Å². The average Bonchev–Trinajstić information content (AvgIpc) is 3.19. The molecule has 0 unspecified atom stereocenters. The fraction of sp³-hybridized carbons (Fsp3) is 0.421. The van der Waals surface area contributed by atoms with Crippen molar-refractivity contribution in [3.05, 3.63) is 53.3 Å². The molecule has 0 amide bonds. The lowest BCUT2D eigenvalue weighted by molar-refractivity contribution is -0.192. The van der Waals surface area contributed by atoms with Gasteiger partial charge in [0.05, 0.1) is 11.6 Å². The zero-order valence-corrected chi connectivity index (χ0v) is 16.4. The number of aliphatic carboxylic acids is 1. The monoisotopic (exact) mass is 467 g/mol. The van der Waals surface area contributed by atoms with Crippen LogP contribution in [0, 0.1) is 0 Å². The van der Waals surface area contributed by atoms with E-state index in [2.05, 4.69) is 10.00 Å². The maximum absolute atomic E-state index is 12.6. The Morgan fingerprint density at radius 2 is 1.50 bits per heavy atom. The molecule has 32 heavy (non-hydrogen) atoms. The summed E-state index contributed by atoms with van der Waals surface area (Å²) in [6.45, 7) is 2.21. The minimum Gasteiger partial charge on any atom is -0.478 e. The van der Waals surface area contributed by atoms with Crippen LogP contribution < -0.4 is 0 Å². The molecule has 1 aromatic heterocycles. The van der Waals surface area contributed by atoms with Gasteiger partial charge in [-0.25, -0.2) is 9.59 Å². The van der Waals surface area contributed by atoms with Crippen molar-refractivity contribution in [1.29, 1.82) is 0 Å². The van der Waals surface area contributed by atoms with Crippen molar-refractivity contribution in [2.24, 2.45) is 0 Å². The third-order valence-corrected chi connectivity index (χ3v) is 4.68.